The molecule has 3 rings (SSSR count). The molecule has 5 heteroatoms. The molecule has 0 N–H and O–H groups in total. The largest absolute Gasteiger partial charge is 0.497 e. The molecule has 0 aliphatic carbocycles. The fourth-order valence-electron chi connectivity index (χ4n) is 2.83. The van der Waals surface area contributed by atoms with Gasteiger partial charge in [0.1, 0.15) is 11.5 Å². The highest BCUT2D eigenvalue weighted by Gasteiger charge is 2.19. The number of methoxy groups -OCH3 is 3. The summed E-state index contributed by atoms with van der Waals surface area (Å²) in [6, 6.07) is 15.6. The molecule has 0 heterocycles. The van der Waals surface area contributed by atoms with E-state index in [0.29, 0.717) is 28.2 Å². The molecule has 0 aliphatic heterocycles. The van der Waals surface area contributed by atoms with Gasteiger partial charge in [0, 0.05) is 10.9 Å². The summed E-state index contributed by atoms with van der Waals surface area (Å²) in [6.07, 6.45) is 0. The van der Waals surface area contributed by atoms with E-state index in [2.05, 4.69) is 4.74 Å². The number of hydrogen-bond donors (Lipinski definition) is 0. The summed E-state index contributed by atoms with van der Waals surface area (Å²) >= 11 is 0. The van der Waals surface area contributed by atoms with E-state index in [-0.39, 0.29) is 5.78 Å². The average molecular weight is 350 g/mol. The van der Waals surface area contributed by atoms with E-state index in [1.807, 2.05) is 24.3 Å². The van der Waals surface area contributed by atoms with Crippen LogP contribution in [-0.2, 0) is 4.74 Å². The summed E-state index contributed by atoms with van der Waals surface area (Å²) in [5.74, 6) is 0.488. The Morgan fingerprint density at radius 2 is 1.42 bits per heavy atom. The van der Waals surface area contributed by atoms with Crippen LogP contribution in [0.1, 0.15) is 26.3 Å². The van der Waals surface area contributed by atoms with Crippen molar-refractivity contribution in [2.24, 2.45) is 0 Å². The van der Waals surface area contributed by atoms with Crippen LogP contribution in [0.15, 0.2) is 54.6 Å². The van der Waals surface area contributed by atoms with Gasteiger partial charge in [-0.05, 0) is 35.7 Å². The third-order valence-electron chi connectivity index (χ3n) is 4.21. The first-order valence-corrected chi connectivity index (χ1v) is 7.97. The SMILES string of the molecule is COC(=O)c1ccc(C(=O)c2c(OC)ccc3ccc(OC)cc23)cc1. The van der Waals surface area contributed by atoms with Crippen molar-refractivity contribution < 1.29 is 23.8 Å². The van der Waals surface area contributed by atoms with Gasteiger partial charge < -0.3 is 14.2 Å². The zero-order valence-corrected chi connectivity index (χ0v) is 14.7. The topological polar surface area (TPSA) is 61.8 Å². The lowest BCUT2D eigenvalue weighted by molar-refractivity contribution is 0.0600. The van der Waals surface area contributed by atoms with E-state index in [1.54, 1.807) is 37.4 Å². The molecule has 0 radical (unpaired) electrons. The van der Waals surface area contributed by atoms with E-state index in [4.69, 9.17) is 9.47 Å². The first kappa shape index (κ1) is 17.5. The molecule has 0 fully saturated rings. The third-order valence-corrected chi connectivity index (χ3v) is 4.21. The summed E-state index contributed by atoms with van der Waals surface area (Å²) < 4.78 is 15.4. The molecule has 0 saturated heterocycles. The number of esters is 1. The maximum atomic E-state index is 13.2. The van der Waals surface area contributed by atoms with E-state index >= 15 is 0 Å². The molecular weight excluding hydrogens is 332 g/mol. The predicted octanol–water partition coefficient (Wildman–Crippen LogP) is 3.87. The van der Waals surface area contributed by atoms with Crippen LogP contribution in [0.5, 0.6) is 11.5 Å². The maximum Gasteiger partial charge on any atom is 0.337 e. The molecule has 0 atom stereocenters. The van der Waals surface area contributed by atoms with E-state index in [0.717, 1.165) is 10.8 Å². The molecule has 132 valence electrons. The Morgan fingerprint density at radius 1 is 0.769 bits per heavy atom. The molecular formula is C21H18O5. The number of carbonyl (C=O) groups excluding carboxylic acids is 2. The van der Waals surface area contributed by atoms with Gasteiger partial charge in [0.15, 0.2) is 5.78 Å². The second-order valence-electron chi connectivity index (χ2n) is 5.63. The van der Waals surface area contributed by atoms with Gasteiger partial charge in [0.05, 0.1) is 32.5 Å². The van der Waals surface area contributed by atoms with E-state index in [1.165, 1.54) is 14.2 Å². The third kappa shape index (κ3) is 3.11. The highest BCUT2D eigenvalue weighted by molar-refractivity contribution is 6.18. The van der Waals surface area contributed by atoms with Crippen LogP contribution in [0.2, 0.25) is 0 Å². The molecule has 5 nitrogen and oxygen atoms in total. The minimum Gasteiger partial charge on any atom is -0.497 e. The minimum absolute atomic E-state index is 0.197. The van der Waals surface area contributed by atoms with Crippen LogP contribution in [-0.4, -0.2) is 33.1 Å². The molecule has 0 amide bonds. The van der Waals surface area contributed by atoms with Crippen LogP contribution < -0.4 is 9.47 Å². The van der Waals surface area contributed by atoms with Crippen molar-refractivity contribution >= 4 is 22.5 Å². The number of ketones is 1. The van der Waals surface area contributed by atoms with Crippen molar-refractivity contribution in [1.29, 1.82) is 0 Å². The van der Waals surface area contributed by atoms with Gasteiger partial charge in [-0.3, -0.25) is 4.79 Å². The Balaban J connectivity index is 2.13. The van der Waals surface area contributed by atoms with Crippen molar-refractivity contribution in [3.63, 3.8) is 0 Å². The Morgan fingerprint density at radius 3 is 2.04 bits per heavy atom. The van der Waals surface area contributed by atoms with Crippen LogP contribution in [0, 0.1) is 0 Å². The van der Waals surface area contributed by atoms with Crippen LogP contribution in [0.25, 0.3) is 10.8 Å². The molecule has 0 unspecified atom stereocenters. The summed E-state index contributed by atoms with van der Waals surface area (Å²) in [5.41, 5.74) is 1.29. The summed E-state index contributed by atoms with van der Waals surface area (Å²) in [5, 5.41) is 1.65. The van der Waals surface area contributed by atoms with Crippen LogP contribution in [0.3, 0.4) is 0 Å². The number of rotatable bonds is 5. The van der Waals surface area contributed by atoms with Gasteiger partial charge in [-0.15, -0.1) is 0 Å². The molecule has 3 aromatic carbocycles. The predicted molar refractivity (Wildman–Crippen MR) is 98.3 cm³/mol. The first-order chi connectivity index (χ1) is 12.6. The van der Waals surface area contributed by atoms with Crippen molar-refractivity contribution in [2.45, 2.75) is 0 Å². The molecule has 0 bridgehead atoms. The van der Waals surface area contributed by atoms with Gasteiger partial charge >= 0.3 is 5.97 Å². The van der Waals surface area contributed by atoms with Crippen molar-refractivity contribution in [1.82, 2.24) is 0 Å². The number of hydrogen-bond acceptors (Lipinski definition) is 5. The number of benzene rings is 3. The lowest BCUT2D eigenvalue weighted by Gasteiger charge is -2.12. The van der Waals surface area contributed by atoms with Gasteiger partial charge in [-0.1, -0.05) is 24.3 Å². The van der Waals surface area contributed by atoms with Crippen LogP contribution in [0.4, 0.5) is 0 Å². The fraction of sp³-hybridized carbons (Fsp3) is 0.143. The monoisotopic (exact) mass is 350 g/mol. The smallest absolute Gasteiger partial charge is 0.337 e. The molecule has 0 aliphatic rings. The maximum absolute atomic E-state index is 13.2. The van der Waals surface area contributed by atoms with Gasteiger partial charge in [0.2, 0.25) is 0 Å². The zero-order valence-electron chi connectivity index (χ0n) is 14.7. The Hall–Kier alpha value is -3.34. The first-order valence-electron chi connectivity index (χ1n) is 7.97. The van der Waals surface area contributed by atoms with E-state index in [9.17, 15) is 9.59 Å². The standard InChI is InChI=1S/C21H18O5/c1-24-16-10-8-13-9-11-18(25-2)19(17(13)12-16)20(22)14-4-6-15(7-5-14)21(23)26-3/h4-12H,1-3H3. The summed E-state index contributed by atoms with van der Waals surface area (Å²) in [6.45, 7) is 0. The molecule has 3 aromatic rings. The molecule has 26 heavy (non-hydrogen) atoms. The average Bonchev–Trinajstić information content (AvgIpc) is 2.71. The highest BCUT2D eigenvalue weighted by Crippen LogP contribution is 2.32. The minimum atomic E-state index is -0.448. The molecule has 0 spiro atoms. The fourth-order valence-corrected chi connectivity index (χ4v) is 2.83. The summed E-state index contributed by atoms with van der Waals surface area (Å²) in [7, 11) is 4.42. The lowest BCUT2D eigenvalue weighted by atomic mass is 9.95. The lowest BCUT2D eigenvalue weighted by Crippen LogP contribution is -2.07. The Kier molecular flexibility index (Phi) is 4.89. The Labute approximate surface area is 151 Å². The normalized spacial score (nSPS) is 10.4. The van der Waals surface area contributed by atoms with Crippen LogP contribution >= 0.6 is 0 Å². The second-order valence-corrected chi connectivity index (χ2v) is 5.63. The number of fused-ring (bicyclic) bond motifs is 1. The Bertz CT molecular complexity index is 968. The number of carbonyl (C=O) groups is 2. The van der Waals surface area contributed by atoms with Gasteiger partial charge in [-0.25, -0.2) is 4.79 Å². The molecule has 0 saturated carbocycles. The zero-order chi connectivity index (χ0) is 18.7. The van der Waals surface area contributed by atoms with Gasteiger partial charge in [0.25, 0.3) is 0 Å². The van der Waals surface area contributed by atoms with Crippen molar-refractivity contribution in [3.05, 3.63) is 71.3 Å². The molecule has 0 aromatic heterocycles. The number of ether oxygens (including phenoxy) is 3. The summed E-state index contributed by atoms with van der Waals surface area (Å²) in [4.78, 5) is 24.7. The van der Waals surface area contributed by atoms with Gasteiger partial charge in [-0.2, -0.15) is 0 Å². The quantitative estimate of drug-likeness (QED) is 0.516. The van der Waals surface area contributed by atoms with Crippen molar-refractivity contribution in [3.8, 4) is 11.5 Å². The van der Waals surface area contributed by atoms with Crippen molar-refractivity contribution in [2.75, 3.05) is 21.3 Å². The second kappa shape index (κ2) is 7.27. The highest BCUT2D eigenvalue weighted by atomic mass is 16.5. The van der Waals surface area contributed by atoms with E-state index < -0.39 is 5.97 Å².